The number of aryl methyl sites for hydroxylation is 1. The molecule has 6 heteroatoms. The average Bonchev–Trinajstić information content (AvgIpc) is 2.87. The van der Waals surface area contributed by atoms with Crippen molar-refractivity contribution in [2.75, 3.05) is 6.54 Å². The Balaban J connectivity index is 1.61. The number of nitrogens with one attached hydrogen (secondary N) is 1. The monoisotopic (exact) mass is 250 g/mol. The molecule has 1 N–H and O–H groups in total. The molecule has 2 fully saturated rings. The fourth-order valence-electron chi connectivity index (χ4n) is 2.41. The number of nitrogens with zero attached hydrogens (tertiary/aromatic N) is 3. The van der Waals surface area contributed by atoms with Gasteiger partial charge in [-0.1, -0.05) is 0 Å². The van der Waals surface area contributed by atoms with Crippen LogP contribution in [0.2, 0.25) is 0 Å². The van der Waals surface area contributed by atoms with E-state index in [0.717, 1.165) is 32.2 Å². The van der Waals surface area contributed by atoms with E-state index < -0.39 is 0 Å². The minimum absolute atomic E-state index is 0.0298. The molecule has 0 radical (unpaired) electrons. The van der Waals surface area contributed by atoms with Crippen LogP contribution in [-0.2, 0) is 11.3 Å². The molecule has 0 bridgehead atoms. The quantitative estimate of drug-likeness (QED) is 0.848. The van der Waals surface area contributed by atoms with E-state index in [9.17, 15) is 4.79 Å². The van der Waals surface area contributed by atoms with Gasteiger partial charge in [0.1, 0.15) is 0 Å². The third-order valence-corrected chi connectivity index (χ3v) is 3.50. The molecule has 2 heterocycles. The summed E-state index contributed by atoms with van der Waals surface area (Å²) < 4.78 is 5.37. The zero-order chi connectivity index (χ0) is 12.5. The Bertz CT molecular complexity index is 441. The van der Waals surface area contributed by atoms with E-state index >= 15 is 0 Å². The number of hydrogen-bond acceptors (Lipinski definition) is 5. The van der Waals surface area contributed by atoms with Crippen LogP contribution >= 0.6 is 0 Å². The molecule has 3 rings (SSSR count). The molecule has 18 heavy (non-hydrogen) atoms. The second-order valence-corrected chi connectivity index (χ2v) is 5.13. The van der Waals surface area contributed by atoms with Crippen LogP contribution < -0.4 is 5.32 Å². The summed E-state index contributed by atoms with van der Waals surface area (Å²) in [6.45, 7) is 3.27. The summed E-state index contributed by atoms with van der Waals surface area (Å²) in [5.41, 5.74) is 0. The minimum Gasteiger partial charge on any atom is -0.424 e. The lowest BCUT2D eigenvalue weighted by molar-refractivity contribution is -0.125. The molecule has 1 aromatic heterocycles. The van der Waals surface area contributed by atoms with Crippen LogP contribution in [0.4, 0.5) is 0 Å². The lowest BCUT2D eigenvalue weighted by Gasteiger charge is -2.21. The van der Waals surface area contributed by atoms with Gasteiger partial charge in [-0.2, -0.15) is 0 Å². The fourth-order valence-corrected chi connectivity index (χ4v) is 2.41. The zero-order valence-electron chi connectivity index (χ0n) is 10.6. The Labute approximate surface area is 106 Å². The molecule has 1 atom stereocenters. The first-order valence-corrected chi connectivity index (χ1v) is 6.56. The van der Waals surface area contributed by atoms with E-state index in [-0.39, 0.29) is 11.9 Å². The topological polar surface area (TPSA) is 71.3 Å². The second kappa shape index (κ2) is 4.68. The van der Waals surface area contributed by atoms with Gasteiger partial charge in [-0.25, -0.2) is 0 Å². The van der Waals surface area contributed by atoms with E-state index in [0.29, 0.717) is 24.4 Å². The number of aromatic nitrogens is 2. The summed E-state index contributed by atoms with van der Waals surface area (Å²) in [7, 11) is 0. The Morgan fingerprint density at radius 1 is 1.44 bits per heavy atom. The van der Waals surface area contributed by atoms with Crippen LogP contribution in [0.25, 0.3) is 0 Å². The molecule has 1 unspecified atom stereocenters. The highest BCUT2D eigenvalue weighted by molar-refractivity contribution is 5.82. The molecule has 1 aromatic rings. The van der Waals surface area contributed by atoms with Crippen molar-refractivity contribution in [3.8, 4) is 0 Å². The predicted octanol–water partition coefficient (Wildman–Crippen LogP) is 0.621. The van der Waals surface area contributed by atoms with Gasteiger partial charge in [0.05, 0.1) is 12.6 Å². The summed E-state index contributed by atoms with van der Waals surface area (Å²) in [6, 6.07) is 0.392. The van der Waals surface area contributed by atoms with Gasteiger partial charge in [0.2, 0.25) is 17.7 Å². The van der Waals surface area contributed by atoms with Crippen LogP contribution in [0.3, 0.4) is 0 Å². The molecule has 1 aliphatic heterocycles. The first kappa shape index (κ1) is 11.6. The van der Waals surface area contributed by atoms with Gasteiger partial charge in [0.15, 0.2) is 0 Å². The largest absolute Gasteiger partial charge is 0.424 e. The maximum Gasteiger partial charge on any atom is 0.237 e. The molecular weight excluding hydrogens is 232 g/mol. The first-order chi connectivity index (χ1) is 8.72. The Morgan fingerprint density at radius 2 is 2.28 bits per heavy atom. The lowest BCUT2D eigenvalue weighted by Crippen LogP contribution is -2.43. The Morgan fingerprint density at radius 3 is 2.94 bits per heavy atom. The number of carbonyl (C=O) groups excluding carboxylic acids is 1. The van der Waals surface area contributed by atoms with Gasteiger partial charge < -0.3 is 9.73 Å². The number of carbonyl (C=O) groups is 1. The average molecular weight is 250 g/mol. The van der Waals surface area contributed by atoms with E-state index in [1.165, 1.54) is 0 Å². The van der Waals surface area contributed by atoms with Crippen LogP contribution in [0.15, 0.2) is 4.42 Å². The van der Waals surface area contributed by atoms with Crippen molar-refractivity contribution in [1.82, 2.24) is 20.4 Å². The van der Waals surface area contributed by atoms with Gasteiger partial charge in [-0.15, -0.1) is 10.2 Å². The summed E-state index contributed by atoms with van der Waals surface area (Å²) in [5.74, 6) is 1.33. The fraction of sp³-hybridized carbons (Fsp3) is 0.750. The first-order valence-electron chi connectivity index (χ1n) is 6.56. The molecule has 98 valence electrons. The maximum absolute atomic E-state index is 12.1. The van der Waals surface area contributed by atoms with Crippen molar-refractivity contribution in [2.24, 2.45) is 0 Å². The van der Waals surface area contributed by atoms with E-state index in [2.05, 4.69) is 20.4 Å². The molecule has 1 saturated carbocycles. The summed E-state index contributed by atoms with van der Waals surface area (Å²) in [6.07, 6.45) is 4.23. The van der Waals surface area contributed by atoms with Crippen LogP contribution in [0, 0.1) is 6.92 Å². The summed E-state index contributed by atoms with van der Waals surface area (Å²) >= 11 is 0. The molecule has 1 aliphatic carbocycles. The standard InChI is InChI=1S/C12H18N4O2/c1-8-14-15-11(18-8)7-16-6-2-3-10(16)12(17)13-9-4-5-9/h9-10H,2-7H2,1H3,(H,13,17). The molecule has 0 aromatic carbocycles. The van der Waals surface area contributed by atoms with Gasteiger partial charge in [0.25, 0.3) is 0 Å². The van der Waals surface area contributed by atoms with Gasteiger partial charge in [-0.3, -0.25) is 9.69 Å². The smallest absolute Gasteiger partial charge is 0.237 e. The van der Waals surface area contributed by atoms with E-state index in [4.69, 9.17) is 4.42 Å². The highest BCUT2D eigenvalue weighted by atomic mass is 16.4. The number of hydrogen-bond donors (Lipinski definition) is 1. The van der Waals surface area contributed by atoms with Crippen molar-refractivity contribution in [1.29, 1.82) is 0 Å². The molecule has 2 aliphatic rings. The molecule has 6 nitrogen and oxygen atoms in total. The van der Waals surface area contributed by atoms with Crippen molar-refractivity contribution in [2.45, 2.75) is 51.2 Å². The van der Waals surface area contributed by atoms with E-state index in [1.54, 1.807) is 6.92 Å². The van der Waals surface area contributed by atoms with Crippen LogP contribution in [-0.4, -0.2) is 39.6 Å². The predicted molar refractivity (Wildman–Crippen MR) is 63.6 cm³/mol. The van der Waals surface area contributed by atoms with Gasteiger partial charge >= 0.3 is 0 Å². The SMILES string of the molecule is Cc1nnc(CN2CCCC2C(=O)NC2CC2)o1. The van der Waals surface area contributed by atoms with E-state index in [1.807, 2.05) is 0 Å². The van der Waals surface area contributed by atoms with Crippen molar-refractivity contribution >= 4 is 5.91 Å². The summed E-state index contributed by atoms with van der Waals surface area (Å²) in [4.78, 5) is 14.2. The third-order valence-electron chi connectivity index (χ3n) is 3.50. The van der Waals surface area contributed by atoms with Crippen molar-refractivity contribution in [3.63, 3.8) is 0 Å². The minimum atomic E-state index is -0.0298. The highest BCUT2D eigenvalue weighted by Crippen LogP contribution is 2.23. The van der Waals surface area contributed by atoms with Gasteiger partial charge in [-0.05, 0) is 32.2 Å². The van der Waals surface area contributed by atoms with Crippen molar-refractivity contribution < 1.29 is 9.21 Å². The number of rotatable bonds is 4. The maximum atomic E-state index is 12.1. The third kappa shape index (κ3) is 2.53. The molecule has 1 amide bonds. The molecule has 1 saturated heterocycles. The second-order valence-electron chi connectivity index (χ2n) is 5.13. The Hall–Kier alpha value is -1.43. The number of amides is 1. The highest BCUT2D eigenvalue weighted by Gasteiger charge is 2.34. The molecule has 0 spiro atoms. The lowest BCUT2D eigenvalue weighted by atomic mass is 10.2. The van der Waals surface area contributed by atoms with Crippen LogP contribution in [0.5, 0.6) is 0 Å². The Kier molecular flexibility index (Phi) is 3.03. The summed E-state index contributed by atoms with van der Waals surface area (Å²) in [5, 5.41) is 10.9. The molecular formula is C12H18N4O2. The zero-order valence-corrected chi connectivity index (χ0v) is 10.6. The van der Waals surface area contributed by atoms with Gasteiger partial charge in [0, 0.05) is 13.0 Å². The van der Waals surface area contributed by atoms with Crippen molar-refractivity contribution in [3.05, 3.63) is 11.8 Å². The number of likely N-dealkylation sites (tertiary alicyclic amines) is 1. The van der Waals surface area contributed by atoms with Crippen LogP contribution in [0.1, 0.15) is 37.5 Å². The normalized spacial score (nSPS) is 24.4.